The molecule has 5 nitrogen and oxygen atoms in total. The summed E-state index contributed by atoms with van der Waals surface area (Å²) in [5, 5.41) is 12.0. The van der Waals surface area contributed by atoms with Gasteiger partial charge in [0.2, 0.25) is 5.91 Å². The smallest absolute Gasteiger partial charge is 0.330 e. The van der Waals surface area contributed by atoms with Gasteiger partial charge >= 0.3 is 5.97 Å². The molecule has 0 saturated carbocycles. The van der Waals surface area contributed by atoms with E-state index in [-0.39, 0.29) is 12.3 Å². The Morgan fingerprint density at radius 3 is 2.64 bits per heavy atom. The van der Waals surface area contributed by atoms with Crippen LogP contribution in [0.1, 0.15) is 25.3 Å². The third-order valence-corrected chi connectivity index (χ3v) is 4.87. The molecule has 1 atom stereocenters. The molecule has 2 N–H and O–H groups in total. The zero-order valence-electron chi connectivity index (χ0n) is 12.6. The van der Waals surface area contributed by atoms with Gasteiger partial charge in [0, 0.05) is 12.2 Å². The summed E-state index contributed by atoms with van der Waals surface area (Å²) < 4.78 is 5.37. The molecule has 0 aliphatic carbocycles. The SMILES string of the molecule is CCOc1ccc(CCC(=O)NC2(C(=O)O)CCSC2)cc1. The Labute approximate surface area is 134 Å². The number of benzene rings is 1. The average Bonchev–Trinajstić information content (AvgIpc) is 2.97. The maximum atomic E-state index is 12.0. The Morgan fingerprint density at radius 1 is 1.36 bits per heavy atom. The molecule has 1 heterocycles. The van der Waals surface area contributed by atoms with Crippen molar-refractivity contribution in [1.29, 1.82) is 0 Å². The minimum Gasteiger partial charge on any atom is -0.494 e. The van der Waals surface area contributed by atoms with E-state index in [1.807, 2.05) is 31.2 Å². The normalized spacial score (nSPS) is 20.6. The third kappa shape index (κ3) is 4.16. The van der Waals surface area contributed by atoms with Crippen molar-refractivity contribution < 1.29 is 19.4 Å². The number of thioether (sulfide) groups is 1. The number of amides is 1. The summed E-state index contributed by atoms with van der Waals surface area (Å²) in [4.78, 5) is 23.4. The predicted octanol–water partition coefficient (Wildman–Crippen LogP) is 2.09. The van der Waals surface area contributed by atoms with Crippen LogP contribution in [-0.2, 0) is 16.0 Å². The molecule has 1 aromatic carbocycles. The standard InChI is InChI=1S/C16H21NO4S/c1-2-21-13-6-3-12(4-7-13)5-8-14(18)17-16(15(19)20)9-10-22-11-16/h3-4,6-7H,2,5,8-11H2,1H3,(H,17,18)(H,19,20). The van der Waals surface area contributed by atoms with Gasteiger partial charge in [0.05, 0.1) is 6.61 Å². The molecule has 22 heavy (non-hydrogen) atoms. The number of hydrogen-bond donors (Lipinski definition) is 2. The minimum atomic E-state index is -1.08. The molecule has 1 aliphatic heterocycles. The second-order valence-electron chi connectivity index (χ2n) is 5.31. The first-order chi connectivity index (χ1) is 10.6. The van der Waals surface area contributed by atoms with Crippen molar-refractivity contribution in [2.24, 2.45) is 0 Å². The quantitative estimate of drug-likeness (QED) is 0.803. The van der Waals surface area contributed by atoms with E-state index >= 15 is 0 Å². The summed E-state index contributed by atoms with van der Waals surface area (Å²) in [5.41, 5.74) is -0.0515. The van der Waals surface area contributed by atoms with Crippen LogP contribution in [0.2, 0.25) is 0 Å². The molecular weight excluding hydrogens is 302 g/mol. The molecule has 120 valence electrons. The second kappa shape index (κ2) is 7.54. The van der Waals surface area contributed by atoms with Gasteiger partial charge in [-0.15, -0.1) is 0 Å². The lowest BCUT2D eigenvalue weighted by molar-refractivity contribution is -0.146. The fourth-order valence-corrected chi connectivity index (χ4v) is 3.72. The van der Waals surface area contributed by atoms with E-state index in [0.717, 1.165) is 17.1 Å². The van der Waals surface area contributed by atoms with E-state index in [4.69, 9.17) is 4.74 Å². The number of carboxylic acid groups (broad SMARTS) is 1. The van der Waals surface area contributed by atoms with Crippen LogP contribution >= 0.6 is 11.8 Å². The van der Waals surface area contributed by atoms with Crippen LogP contribution < -0.4 is 10.1 Å². The van der Waals surface area contributed by atoms with Gasteiger partial charge in [0.15, 0.2) is 0 Å². The molecule has 1 amide bonds. The number of hydrogen-bond acceptors (Lipinski definition) is 4. The first kappa shape index (κ1) is 16.7. The van der Waals surface area contributed by atoms with Crippen LogP contribution in [0.15, 0.2) is 24.3 Å². The van der Waals surface area contributed by atoms with Crippen LogP contribution in [-0.4, -0.2) is 40.6 Å². The maximum absolute atomic E-state index is 12.0. The number of rotatable bonds is 7. The molecule has 6 heteroatoms. The molecule has 0 spiro atoms. The Hall–Kier alpha value is -1.69. The van der Waals surface area contributed by atoms with Crippen LogP contribution in [0, 0.1) is 0 Å². The second-order valence-corrected chi connectivity index (χ2v) is 6.42. The maximum Gasteiger partial charge on any atom is 0.330 e. The molecule has 0 bridgehead atoms. The minimum absolute atomic E-state index is 0.209. The summed E-state index contributed by atoms with van der Waals surface area (Å²) >= 11 is 1.56. The van der Waals surface area contributed by atoms with Crippen molar-refractivity contribution in [2.45, 2.75) is 31.7 Å². The zero-order valence-corrected chi connectivity index (χ0v) is 13.4. The lowest BCUT2D eigenvalue weighted by Gasteiger charge is -2.24. The van der Waals surface area contributed by atoms with E-state index in [0.29, 0.717) is 25.2 Å². The largest absolute Gasteiger partial charge is 0.494 e. The number of aliphatic carboxylic acids is 1. The Morgan fingerprint density at radius 2 is 2.09 bits per heavy atom. The van der Waals surface area contributed by atoms with Gasteiger partial charge in [0.1, 0.15) is 11.3 Å². The van der Waals surface area contributed by atoms with Gasteiger partial charge in [-0.05, 0) is 43.2 Å². The summed E-state index contributed by atoms with van der Waals surface area (Å²) in [6.45, 7) is 2.55. The first-order valence-electron chi connectivity index (χ1n) is 7.39. The van der Waals surface area contributed by atoms with E-state index in [1.54, 1.807) is 11.8 Å². The van der Waals surface area contributed by atoms with Crippen molar-refractivity contribution in [2.75, 3.05) is 18.1 Å². The molecule has 1 saturated heterocycles. The van der Waals surface area contributed by atoms with Crippen molar-refractivity contribution in [3.63, 3.8) is 0 Å². The van der Waals surface area contributed by atoms with Gasteiger partial charge in [0.25, 0.3) is 0 Å². The number of aryl methyl sites for hydroxylation is 1. The number of nitrogens with one attached hydrogen (secondary N) is 1. The van der Waals surface area contributed by atoms with Crippen LogP contribution in [0.3, 0.4) is 0 Å². The van der Waals surface area contributed by atoms with E-state index < -0.39 is 11.5 Å². The number of carboxylic acids is 1. The Balaban J connectivity index is 1.85. The van der Waals surface area contributed by atoms with Crippen LogP contribution in [0.5, 0.6) is 5.75 Å². The molecule has 0 aromatic heterocycles. The molecule has 2 rings (SSSR count). The van der Waals surface area contributed by atoms with Gasteiger partial charge in [-0.25, -0.2) is 4.79 Å². The van der Waals surface area contributed by atoms with Gasteiger partial charge < -0.3 is 15.2 Å². The summed E-state index contributed by atoms with van der Waals surface area (Å²) in [6, 6.07) is 7.61. The monoisotopic (exact) mass is 323 g/mol. The highest BCUT2D eigenvalue weighted by atomic mass is 32.2. The third-order valence-electron chi connectivity index (χ3n) is 3.68. The number of carbonyl (C=O) groups is 2. The highest BCUT2D eigenvalue weighted by molar-refractivity contribution is 7.99. The van der Waals surface area contributed by atoms with Crippen molar-refractivity contribution in [3.05, 3.63) is 29.8 Å². The topological polar surface area (TPSA) is 75.6 Å². The van der Waals surface area contributed by atoms with E-state index in [1.165, 1.54) is 0 Å². The molecular formula is C16H21NO4S. The fraction of sp³-hybridized carbons (Fsp3) is 0.500. The molecule has 1 aromatic rings. The average molecular weight is 323 g/mol. The predicted molar refractivity (Wildman–Crippen MR) is 86.4 cm³/mol. The zero-order chi connectivity index (χ0) is 16.0. The van der Waals surface area contributed by atoms with Crippen molar-refractivity contribution in [3.8, 4) is 5.75 Å². The Bertz CT molecular complexity index is 523. The molecule has 1 aliphatic rings. The summed E-state index contributed by atoms with van der Waals surface area (Å²) in [7, 11) is 0. The summed E-state index contributed by atoms with van der Waals surface area (Å²) in [5.74, 6) is 0.872. The lowest BCUT2D eigenvalue weighted by atomic mass is 9.98. The fourth-order valence-electron chi connectivity index (χ4n) is 2.39. The number of ether oxygens (including phenoxy) is 1. The van der Waals surface area contributed by atoms with Crippen LogP contribution in [0.25, 0.3) is 0 Å². The number of carbonyl (C=O) groups excluding carboxylic acids is 1. The van der Waals surface area contributed by atoms with Crippen molar-refractivity contribution >= 4 is 23.6 Å². The molecule has 0 radical (unpaired) electrons. The van der Waals surface area contributed by atoms with Gasteiger partial charge in [-0.1, -0.05) is 12.1 Å². The summed E-state index contributed by atoms with van der Waals surface area (Å²) in [6.07, 6.45) is 1.36. The molecule has 1 fully saturated rings. The van der Waals surface area contributed by atoms with E-state index in [9.17, 15) is 14.7 Å². The highest BCUT2D eigenvalue weighted by Crippen LogP contribution is 2.28. The van der Waals surface area contributed by atoms with Gasteiger partial charge in [-0.2, -0.15) is 11.8 Å². The van der Waals surface area contributed by atoms with Crippen molar-refractivity contribution in [1.82, 2.24) is 5.32 Å². The van der Waals surface area contributed by atoms with Crippen LogP contribution in [0.4, 0.5) is 0 Å². The highest BCUT2D eigenvalue weighted by Gasteiger charge is 2.43. The lowest BCUT2D eigenvalue weighted by Crippen LogP contribution is -2.54. The Kier molecular flexibility index (Phi) is 5.71. The van der Waals surface area contributed by atoms with E-state index in [2.05, 4.69) is 5.32 Å². The first-order valence-corrected chi connectivity index (χ1v) is 8.55. The molecule has 1 unspecified atom stereocenters. The van der Waals surface area contributed by atoms with Gasteiger partial charge in [-0.3, -0.25) is 4.79 Å².